The molecule has 0 radical (unpaired) electrons. The summed E-state index contributed by atoms with van der Waals surface area (Å²) in [5.74, 6) is 0.468. The van der Waals surface area contributed by atoms with Gasteiger partial charge in [-0.25, -0.2) is 4.39 Å². The number of amides is 1. The molecular formula is C22H26FN3O2. The van der Waals surface area contributed by atoms with Crippen LogP contribution >= 0.6 is 0 Å². The van der Waals surface area contributed by atoms with Gasteiger partial charge < -0.3 is 15.4 Å². The van der Waals surface area contributed by atoms with Gasteiger partial charge in [0.1, 0.15) is 11.6 Å². The summed E-state index contributed by atoms with van der Waals surface area (Å²) in [4.78, 5) is 16.6. The third-order valence-corrected chi connectivity index (χ3v) is 5.69. The summed E-state index contributed by atoms with van der Waals surface area (Å²) in [5.41, 5.74) is 2.01. The molecule has 148 valence electrons. The maximum atomic E-state index is 14.4. The Morgan fingerprint density at radius 2 is 2.18 bits per heavy atom. The molecule has 1 aromatic carbocycles. The van der Waals surface area contributed by atoms with E-state index >= 15 is 0 Å². The van der Waals surface area contributed by atoms with E-state index in [4.69, 9.17) is 4.74 Å². The molecule has 3 heterocycles. The number of carbonyl (C=O) groups excluding carboxylic acids is 1. The molecule has 2 saturated heterocycles. The number of ether oxygens (including phenoxy) is 1. The van der Waals surface area contributed by atoms with Crippen molar-refractivity contribution in [2.75, 3.05) is 6.61 Å². The second-order valence-electron chi connectivity index (χ2n) is 7.91. The molecule has 1 amide bonds. The second kappa shape index (κ2) is 7.51. The minimum Gasteiger partial charge on any atom is -0.494 e. The molecule has 2 fully saturated rings. The van der Waals surface area contributed by atoms with E-state index < -0.39 is 0 Å². The molecule has 2 N–H and O–H groups in total. The molecule has 1 spiro atoms. The highest BCUT2D eigenvalue weighted by Gasteiger charge is 2.44. The van der Waals surface area contributed by atoms with Crippen LogP contribution in [0.2, 0.25) is 0 Å². The predicted molar refractivity (Wildman–Crippen MR) is 105 cm³/mol. The summed E-state index contributed by atoms with van der Waals surface area (Å²) < 4.78 is 20.0. The number of rotatable bonds is 4. The van der Waals surface area contributed by atoms with Gasteiger partial charge in [-0.05, 0) is 69.0 Å². The minimum atomic E-state index is -0.283. The van der Waals surface area contributed by atoms with E-state index in [1.54, 1.807) is 18.3 Å². The molecule has 1 aromatic heterocycles. The lowest BCUT2D eigenvalue weighted by Gasteiger charge is -2.37. The maximum Gasteiger partial charge on any atom is 0.222 e. The summed E-state index contributed by atoms with van der Waals surface area (Å²) in [6.45, 7) is 4.48. The molecule has 2 aliphatic heterocycles. The Balaban J connectivity index is 1.58. The van der Waals surface area contributed by atoms with Gasteiger partial charge in [-0.1, -0.05) is 0 Å². The zero-order valence-electron chi connectivity index (χ0n) is 16.3. The van der Waals surface area contributed by atoms with Crippen LogP contribution in [0.1, 0.15) is 51.3 Å². The van der Waals surface area contributed by atoms with E-state index in [1.807, 2.05) is 26.0 Å². The number of aromatic nitrogens is 1. The fourth-order valence-electron chi connectivity index (χ4n) is 4.59. The van der Waals surface area contributed by atoms with Crippen LogP contribution in [0.5, 0.6) is 5.75 Å². The molecule has 28 heavy (non-hydrogen) atoms. The van der Waals surface area contributed by atoms with Crippen LogP contribution in [0, 0.1) is 5.82 Å². The molecule has 2 aliphatic rings. The predicted octanol–water partition coefficient (Wildman–Crippen LogP) is 3.75. The van der Waals surface area contributed by atoms with Crippen molar-refractivity contribution in [3.8, 4) is 16.9 Å². The van der Waals surface area contributed by atoms with Gasteiger partial charge in [-0.2, -0.15) is 0 Å². The Hall–Kier alpha value is -2.47. The number of nitrogens with one attached hydrogen (secondary N) is 2. The maximum absolute atomic E-state index is 14.4. The summed E-state index contributed by atoms with van der Waals surface area (Å²) >= 11 is 0. The van der Waals surface area contributed by atoms with Crippen LogP contribution < -0.4 is 15.4 Å². The van der Waals surface area contributed by atoms with Crippen LogP contribution in [0.25, 0.3) is 11.1 Å². The topological polar surface area (TPSA) is 63.2 Å². The van der Waals surface area contributed by atoms with Gasteiger partial charge in [0.2, 0.25) is 5.91 Å². The molecule has 4 rings (SSSR count). The molecule has 2 aromatic rings. The zero-order chi connectivity index (χ0) is 19.7. The average molecular weight is 383 g/mol. The molecule has 0 aliphatic carbocycles. The van der Waals surface area contributed by atoms with Crippen LogP contribution in [0.15, 0.2) is 36.5 Å². The standard InChI is InChI=1S/C22H26FN3O2/c1-3-28-16-4-5-18(23)17(11-16)15-7-9-24-20(10-15)19-6-8-22(26-19)12-14(2)25-21(27)13-22/h4-5,7,9-11,14,19,26H,3,6,8,12-13H2,1-2H3,(H,25,27)/t14-,19-,22?/m0/s1. The fraction of sp³-hybridized carbons (Fsp3) is 0.455. The van der Waals surface area contributed by atoms with Gasteiger partial charge in [0.15, 0.2) is 0 Å². The number of pyridine rings is 1. The van der Waals surface area contributed by atoms with Gasteiger partial charge in [-0.3, -0.25) is 9.78 Å². The lowest BCUT2D eigenvalue weighted by atomic mass is 9.83. The lowest BCUT2D eigenvalue weighted by molar-refractivity contribution is -0.125. The third-order valence-electron chi connectivity index (χ3n) is 5.69. The zero-order valence-corrected chi connectivity index (χ0v) is 16.3. The van der Waals surface area contributed by atoms with Crippen LogP contribution in [-0.4, -0.2) is 29.1 Å². The van der Waals surface area contributed by atoms with E-state index in [0.717, 1.165) is 30.5 Å². The number of nitrogens with zero attached hydrogens (tertiary/aromatic N) is 1. The van der Waals surface area contributed by atoms with E-state index in [0.29, 0.717) is 24.3 Å². The Bertz CT molecular complexity index is 888. The van der Waals surface area contributed by atoms with Gasteiger partial charge >= 0.3 is 0 Å². The van der Waals surface area contributed by atoms with Crippen molar-refractivity contribution in [1.29, 1.82) is 0 Å². The number of carbonyl (C=O) groups is 1. The first-order valence-electron chi connectivity index (χ1n) is 9.94. The summed E-state index contributed by atoms with van der Waals surface area (Å²) in [6, 6.07) is 8.80. The molecule has 6 heteroatoms. The quantitative estimate of drug-likeness (QED) is 0.844. The van der Waals surface area contributed by atoms with Crippen molar-refractivity contribution < 1.29 is 13.9 Å². The fourth-order valence-corrected chi connectivity index (χ4v) is 4.59. The number of benzene rings is 1. The molecule has 1 unspecified atom stereocenters. The van der Waals surface area contributed by atoms with Crippen molar-refractivity contribution in [2.24, 2.45) is 0 Å². The van der Waals surface area contributed by atoms with E-state index in [-0.39, 0.29) is 29.3 Å². The molecule has 5 nitrogen and oxygen atoms in total. The van der Waals surface area contributed by atoms with Crippen molar-refractivity contribution in [1.82, 2.24) is 15.6 Å². The Morgan fingerprint density at radius 3 is 2.96 bits per heavy atom. The van der Waals surface area contributed by atoms with Crippen LogP contribution in [0.4, 0.5) is 4.39 Å². The van der Waals surface area contributed by atoms with Crippen molar-refractivity contribution in [2.45, 2.75) is 57.2 Å². The highest BCUT2D eigenvalue weighted by Crippen LogP contribution is 2.39. The molecular weight excluding hydrogens is 357 g/mol. The Morgan fingerprint density at radius 1 is 1.32 bits per heavy atom. The third kappa shape index (κ3) is 3.74. The summed E-state index contributed by atoms with van der Waals surface area (Å²) in [7, 11) is 0. The number of hydrogen-bond acceptors (Lipinski definition) is 4. The van der Waals surface area contributed by atoms with Crippen molar-refractivity contribution in [3.63, 3.8) is 0 Å². The normalized spacial score (nSPS) is 27.0. The first-order valence-corrected chi connectivity index (χ1v) is 9.94. The van der Waals surface area contributed by atoms with E-state index in [9.17, 15) is 9.18 Å². The Kier molecular flexibility index (Phi) is 5.06. The van der Waals surface area contributed by atoms with Crippen molar-refractivity contribution in [3.05, 3.63) is 48.0 Å². The Labute approximate surface area is 164 Å². The van der Waals surface area contributed by atoms with Gasteiger partial charge in [0, 0.05) is 35.8 Å². The average Bonchev–Trinajstić information content (AvgIpc) is 3.05. The highest BCUT2D eigenvalue weighted by molar-refractivity contribution is 5.78. The smallest absolute Gasteiger partial charge is 0.222 e. The van der Waals surface area contributed by atoms with Crippen LogP contribution in [-0.2, 0) is 4.79 Å². The largest absolute Gasteiger partial charge is 0.494 e. The number of piperidine rings is 1. The summed E-state index contributed by atoms with van der Waals surface area (Å²) in [5, 5.41) is 6.66. The number of halogens is 1. The van der Waals surface area contributed by atoms with E-state index in [2.05, 4.69) is 15.6 Å². The molecule has 3 atom stereocenters. The first kappa shape index (κ1) is 18.9. The minimum absolute atomic E-state index is 0.0659. The van der Waals surface area contributed by atoms with Gasteiger partial charge in [0.25, 0.3) is 0 Å². The second-order valence-corrected chi connectivity index (χ2v) is 7.91. The first-order chi connectivity index (χ1) is 13.5. The highest BCUT2D eigenvalue weighted by atomic mass is 19.1. The molecule has 0 saturated carbocycles. The van der Waals surface area contributed by atoms with Gasteiger partial charge in [0.05, 0.1) is 12.3 Å². The van der Waals surface area contributed by atoms with Crippen molar-refractivity contribution >= 4 is 5.91 Å². The monoisotopic (exact) mass is 383 g/mol. The molecule has 0 bridgehead atoms. The SMILES string of the molecule is CCOc1ccc(F)c(-c2ccnc([C@@H]3CCC4(CC(=O)N[C@@H](C)C4)N3)c2)c1. The number of hydrogen-bond donors (Lipinski definition) is 2. The van der Waals surface area contributed by atoms with Gasteiger partial charge in [-0.15, -0.1) is 0 Å². The lowest BCUT2D eigenvalue weighted by Crippen LogP contribution is -2.54. The summed E-state index contributed by atoms with van der Waals surface area (Å²) in [6.07, 6.45) is 4.99. The van der Waals surface area contributed by atoms with E-state index in [1.165, 1.54) is 6.07 Å². The van der Waals surface area contributed by atoms with Crippen LogP contribution in [0.3, 0.4) is 0 Å².